The normalized spacial score (nSPS) is 12.2. The third-order valence-electron chi connectivity index (χ3n) is 1.74. The first-order valence-corrected chi connectivity index (χ1v) is 3.82. The Morgan fingerprint density at radius 1 is 1.55 bits per heavy atom. The molecule has 1 rings (SSSR count). The fourth-order valence-electron chi connectivity index (χ4n) is 1.10. The highest BCUT2D eigenvalue weighted by atomic mass is 16.0. The van der Waals surface area contributed by atoms with Crippen LogP contribution in [-0.4, -0.2) is 15.0 Å². The Balaban J connectivity index is 0.000001000. The highest BCUT2D eigenvalue weighted by Crippen LogP contribution is 2.10. The Kier molecular flexibility index (Phi) is 4.54. The van der Waals surface area contributed by atoms with Crippen LogP contribution in [0.4, 0.5) is 0 Å². The van der Waals surface area contributed by atoms with Gasteiger partial charge < -0.3 is 10.0 Å². The molecular formula is C8H16N2O. The van der Waals surface area contributed by atoms with Crippen LogP contribution in [0.3, 0.4) is 0 Å². The molecule has 64 valence electrons. The summed E-state index contributed by atoms with van der Waals surface area (Å²) in [5, 5.41) is 0. The van der Waals surface area contributed by atoms with Crippen LogP contribution in [0.5, 0.6) is 0 Å². The average Bonchev–Trinajstić information content (AvgIpc) is 2.38. The van der Waals surface area contributed by atoms with Gasteiger partial charge >= 0.3 is 0 Å². The molecule has 0 amide bonds. The van der Waals surface area contributed by atoms with Crippen molar-refractivity contribution in [2.45, 2.75) is 32.7 Å². The van der Waals surface area contributed by atoms with Crippen molar-refractivity contribution in [1.29, 1.82) is 0 Å². The molecular weight excluding hydrogens is 140 g/mol. The summed E-state index contributed by atoms with van der Waals surface area (Å²) in [5.41, 5.74) is 0. The average molecular weight is 156 g/mol. The molecule has 0 aromatic carbocycles. The summed E-state index contributed by atoms with van der Waals surface area (Å²) < 4.78 is 2.14. The largest absolute Gasteiger partial charge is 0.412 e. The number of nitrogens with zero attached hydrogens (tertiary/aromatic N) is 2. The van der Waals surface area contributed by atoms with Crippen LogP contribution in [0.1, 0.15) is 32.7 Å². The molecule has 0 radical (unpaired) electrons. The zero-order chi connectivity index (χ0) is 7.40. The number of imidazole rings is 1. The van der Waals surface area contributed by atoms with E-state index in [1.807, 2.05) is 18.7 Å². The molecule has 0 bridgehead atoms. The summed E-state index contributed by atoms with van der Waals surface area (Å²) in [6.07, 6.45) is 8.18. The molecule has 0 saturated heterocycles. The molecule has 1 aromatic rings. The zero-order valence-corrected chi connectivity index (χ0v) is 7.12. The first kappa shape index (κ1) is 10.2. The van der Waals surface area contributed by atoms with Gasteiger partial charge in [0.1, 0.15) is 0 Å². The molecule has 3 nitrogen and oxygen atoms in total. The van der Waals surface area contributed by atoms with Crippen molar-refractivity contribution in [2.75, 3.05) is 0 Å². The smallest absolute Gasteiger partial charge is 0.0948 e. The van der Waals surface area contributed by atoms with Gasteiger partial charge in [0.15, 0.2) is 0 Å². The van der Waals surface area contributed by atoms with E-state index in [2.05, 4.69) is 23.4 Å². The van der Waals surface area contributed by atoms with E-state index in [-0.39, 0.29) is 5.48 Å². The van der Waals surface area contributed by atoms with Gasteiger partial charge in [0.25, 0.3) is 0 Å². The fourth-order valence-corrected chi connectivity index (χ4v) is 1.10. The van der Waals surface area contributed by atoms with Crippen LogP contribution in [-0.2, 0) is 0 Å². The number of aromatic nitrogens is 2. The summed E-state index contributed by atoms with van der Waals surface area (Å²) in [4.78, 5) is 3.99. The summed E-state index contributed by atoms with van der Waals surface area (Å²) >= 11 is 0. The van der Waals surface area contributed by atoms with Gasteiger partial charge in [-0.15, -0.1) is 0 Å². The Morgan fingerprint density at radius 2 is 2.27 bits per heavy atom. The van der Waals surface area contributed by atoms with Crippen LogP contribution in [0.15, 0.2) is 18.7 Å². The summed E-state index contributed by atoms with van der Waals surface area (Å²) in [6.45, 7) is 4.42. The van der Waals surface area contributed by atoms with Gasteiger partial charge in [-0.05, 0) is 13.3 Å². The van der Waals surface area contributed by atoms with Crippen LogP contribution < -0.4 is 0 Å². The predicted molar refractivity (Wildman–Crippen MR) is 45.5 cm³/mol. The van der Waals surface area contributed by atoms with Gasteiger partial charge in [0.05, 0.1) is 6.33 Å². The van der Waals surface area contributed by atoms with Crippen LogP contribution in [0.25, 0.3) is 0 Å². The standard InChI is InChI=1S/C8H14N2.H2O/c1-3-4-8(2)10-6-5-9-7-10;/h5-8H,3-4H2,1-2H3;1H2. The van der Waals surface area contributed by atoms with Crippen molar-refractivity contribution in [1.82, 2.24) is 9.55 Å². The van der Waals surface area contributed by atoms with Crippen molar-refractivity contribution in [3.63, 3.8) is 0 Å². The lowest BCUT2D eigenvalue weighted by Crippen LogP contribution is -2.00. The third kappa shape index (κ3) is 2.72. The third-order valence-corrected chi connectivity index (χ3v) is 1.74. The summed E-state index contributed by atoms with van der Waals surface area (Å²) in [7, 11) is 0. The molecule has 1 unspecified atom stereocenters. The SMILES string of the molecule is CCCC(C)n1ccnc1.O. The zero-order valence-electron chi connectivity index (χ0n) is 7.12. The van der Waals surface area contributed by atoms with Crippen LogP contribution in [0, 0.1) is 0 Å². The van der Waals surface area contributed by atoms with Crippen LogP contribution >= 0.6 is 0 Å². The molecule has 0 spiro atoms. The lowest BCUT2D eigenvalue weighted by molar-refractivity contribution is 0.500. The van der Waals surface area contributed by atoms with E-state index >= 15 is 0 Å². The Hall–Kier alpha value is -0.830. The van der Waals surface area contributed by atoms with E-state index in [0.29, 0.717) is 6.04 Å². The Morgan fingerprint density at radius 3 is 2.73 bits per heavy atom. The highest BCUT2D eigenvalue weighted by Gasteiger charge is 1.99. The first-order chi connectivity index (χ1) is 4.84. The van der Waals surface area contributed by atoms with Gasteiger partial charge in [-0.3, -0.25) is 0 Å². The lowest BCUT2D eigenvalue weighted by Gasteiger charge is -2.10. The molecule has 1 aromatic heterocycles. The Labute approximate surface area is 67.4 Å². The molecule has 0 fully saturated rings. The minimum absolute atomic E-state index is 0. The van der Waals surface area contributed by atoms with Crippen LogP contribution in [0.2, 0.25) is 0 Å². The van der Waals surface area contributed by atoms with Gasteiger partial charge in [0.2, 0.25) is 0 Å². The molecule has 2 N–H and O–H groups in total. The van der Waals surface area contributed by atoms with Gasteiger partial charge in [-0.2, -0.15) is 0 Å². The summed E-state index contributed by atoms with van der Waals surface area (Å²) in [5.74, 6) is 0. The minimum atomic E-state index is 0. The molecule has 3 heteroatoms. The maximum absolute atomic E-state index is 3.99. The maximum atomic E-state index is 3.99. The predicted octanol–water partition coefficient (Wildman–Crippen LogP) is 1.42. The van der Waals surface area contributed by atoms with Gasteiger partial charge in [-0.1, -0.05) is 13.3 Å². The van der Waals surface area contributed by atoms with Gasteiger partial charge in [-0.25, -0.2) is 4.98 Å². The highest BCUT2D eigenvalue weighted by molar-refractivity contribution is 4.78. The molecule has 0 aliphatic rings. The second-order valence-electron chi connectivity index (χ2n) is 2.65. The topological polar surface area (TPSA) is 49.3 Å². The number of rotatable bonds is 3. The molecule has 1 atom stereocenters. The van der Waals surface area contributed by atoms with Gasteiger partial charge in [0, 0.05) is 18.4 Å². The Bertz CT molecular complexity index is 172. The molecule has 0 saturated carbocycles. The fraction of sp³-hybridized carbons (Fsp3) is 0.625. The van der Waals surface area contributed by atoms with E-state index in [9.17, 15) is 0 Å². The van der Waals surface area contributed by atoms with E-state index in [1.54, 1.807) is 0 Å². The molecule has 1 heterocycles. The molecule has 0 aliphatic heterocycles. The molecule has 11 heavy (non-hydrogen) atoms. The number of hydrogen-bond donors (Lipinski definition) is 0. The van der Waals surface area contributed by atoms with E-state index in [1.165, 1.54) is 12.8 Å². The lowest BCUT2D eigenvalue weighted by atomic mass is 10.2. The second-order valence-corrected chi connectivity index (χ2v) is 2.65. The monoisotopic (exact) mass is 156 g/mol. The van der Waals surface area contributed by atoms with Crippen molar-refractivity contribution in [3.8, 4) is 0 Å². The van der Waals surface area contributed by atoms with E-state index in [0.717, 1.165) is 0 Å². The first-order valence-electron chi connectivity index (χ1n) is 3.82. The van der Waals surface area contributed by atoms with E-state index in [4.69, 9.17) is 0 Å². The van der Waals surface area contributed by atoms with Crippen molar-refractivity contribution >= 4 is 0 Å². The van der Waals surface area contributed by atoms with Crippen molar-refractivity contribution in [3.05, 3.63) is 18.7 Å². The second kappa shape index (κ2) is 4.91. The maximum Gasteiger partial charge on any atom is 0.0948 e. The quantitative estimate of drug-likeness (QED) is 0.653. The van der Waals surface area contributed by atoms with Crippen molar-refractivity contribution in [2.24, 2.45) is 0 Å². The minimum Gasteiger partial charge on any atom is -0.412 e. The van der Waals surface area contributed by atoms with Crippen molar-refractivity contribution < 1.29 is 5.48 Å². The summed E-state index contributed by atoms with van der Waals surface area (Å²) in [6, 6.07) is 0.604. The van der Waals surface area contributed by atoms with E-state index < -0.39 is 0 Å². The number of hydrogen-bond acceptors (Lipinski definition) is 1. The molecule has 0 aliphatic carbocycles.